The van der Waals surface area contributed by atoms with E-state index in [1.54, 1.807) is 29.0 Å². The number of furan rings is 1. The van der Waals surface area contributed by atoms with E-state index in [-0.39, 0.29) is 23.8 Å². The van der Waals surface area contributed by atoms with Crippen molar-refractivity contribution >= 4 is 28.3 Å². The van der Waals surface area contributed by atoms with Crippen LogP contribution in [0.25, 0.3) is 16.7 Å². The van der Waals surface area contributed by atoms with Crippen LogP contribution in [-0.2, 0) is 6.54 Å². The lowest BCUT2D eigenvalue weighted by Crippen LogP contribution is -2.48. The molecule has 0 bridgehead atoms. The fourth-order valence-corrected chi connectivity index (χ4v) is 4.63. The first kappa shape index (κ1) is 20.3. The number of fused-ring (bicyclic) bond motifs is 3. The predicted molar refractivity (Wildman–Crippen MR) is 129 cm³/mol. The Morgan fingerprint density at radius 2 is 1.68 bits per heavy atom. The molecule has 8 heteroatoms. The van der Waals surface area contributed by atoms with Crippen LogP contribution in [0.4, 0.5) is 5.69 Å². The minimum atomic E-state index is -0.155. The fourth-order valence-electron chi connectivity index (χ4n) is 4.63. The van der Waals surface area contributed by atoms with Gasteiger partial charge in [0.2, 0.25) is 0 Å². The molecular formula is C26H23N5O3. The van der Waals surface area contributed by atoms with Crippen LogP contribution in [0.3, 0.4) is 0 Å². The second-order valence-electron chi connectivity index (χ2n) is 8.38. The molecule has 1 fully saturated rings. The van der Waals surface area contributed by atoms with Gasteiger partial charge >= 0.3 is 0 Å². The lowest BCUT2D eigenvalue weighted by Gasteiger charge is -2.35. The van der Waals surface area contributed by atoms with Gasteiger partial charge in [-0.15, -0.1) is 0 Å². The van der Waals surface area contributed by atoms with Gasteiger partial charge in [0.25, 0.3) is 11.5 Å². The Morgan fingerprint density at radius 1 is 0.882 bits per heavy atom. The van der Waals surface area contributed by atoms with E-state index in [0.29, 0.717) is 30.0 Å². The van der Waals surface area contributed by atoms with Gasteiger partial charge in [-0.05, 0) is 48.5 Å². The fraction of sp³-hybridized carbons (Fsp3) is 0.192. The van der Waals surface area contributed by atoms with Crippen molar-refractivity contribution in [2.75, 3.05) is 31.1 Å². The summed E-state index contributed by atoms with van der Waals surface area (Å²) in [5, 5.41) is 0. The molecule has 1 amide bonds. The monoisotopic (exact) mass is 453 g/mol. The number of aromatic nitrogens is 3. The summed E-state index contributed by atoms with van der Waals surface area (Å²) >= 11 is 0. The molecule has 0 aliphatic carbocycles. The van der Waals surface area contributed by atoms with Crippen molar-refractivity contribution in [1.82, 2.24) is 18.9 Å². The van der Waals surface area contributed by atoms with Crippen molar-refractivity contribution < 1.29 is 9.21 Å². The molecular weight excluding hydrogens is 430 g/mol. The van der Waals surface area contributed by atoms with Gasteiger partial charge < -0.3 is 18.6 Å². The van der Waals surface area contributed by atoms with E-state index in [1.165, 1.54) is 5.69 Å². The molecule has 6 rings (SSSR count). The Labute approximate surface area is 195 Å². The number of anilines is 1. The normalized spacial score (nSPS) is 14.2. The molecule has 0 unspecified atom stereocenters. The standard InChI is InChI=1S/C26H23N5O3/c32-25-22-9-5-13-30(22)21-8-4-12-27-24(21)31(25)18-20-10-11-23(34-20)26(33)29-16-14-28(15-17-29)19-6-2-1-3-7-19/h1-13H,14-18H2. The molecule has 1 saturated heterocycles. The Balaban J connectivity index is 1.22. The number of hydrogen-bond donors (Lipinski definition) is 0. The molecule has 8 nitrogen and oxygen atoms in total. The maximum absolute atomic E-state index is 13.1. The lowest BCUT2D eigenvalue weighted by atomic mass is 10.2. The summed E-state index contributed by atoms with van der Waals surface area (Å²) in [5.41, 5.74) is 2.98. The minimum Gasteiger partial charge on any atom is -0.454 e. The third kappa shape index (κ3) is 3.44. The maximum Gasteiger partial charge on any atom is 0.289 e. The number of hydrogen-bond acceptors (Lipinski definition) is 5. The summed E-state index contributed by atoms with van der Waals surface area (Å²) in [6, 6.07) is 21.1. The summed E-state index contributed by atoms with van der Waals surface area (Å²) in [6.45, 7) is 3.00. The third-order valence-electron chi connectivity index (χ3n) is 6.37. The zero-order chi connectivity index (χ0) is 23.1. The first-order valence-electron chi connectivity index (χ1n) is 11.3. The Kier molecular flexibility index (Phi) is 4.91. The van der Waals surface area contributed by atoms with Crippen LogP contribution >= 0.6 is 0 Å². The SMILES string of the molecule is O=C(c1ccc(Cn2c(=O)c3cccn3c3cccnc32)o1)N1CCN(c2ccccc2)CC1. The van der Waals surface area contributed by atoms with E-state index < -0.39 is 0 Å². The van der Waals surface area contributed by atoms with Crippen molar-refractivity contribution in [2.45, 2.75) is 6.54 Å². The van der Waals surface area contributed by atoms with Crippen LogP contribution in [0, 0.1) is 0 Å². The maximum atomic E-state index is 13.1. The second kappa shape index (κ2) is 8.22. The highest BCUT2D eigenvalue weighted by atomic mass is 16.4. The molecule has 34 heavy (non-hydrogen) atoms. The van der Waals surface area contributed by atoms with Crippen molar-refractivity contribution in [1.29, 1.82) is 0 Å². The van der Waals surface area contributed by atoms with Crippen LogP contribution in [0.15, 0.2) is 88.3 Å². The molecule has 1 aliphatic heterocycles. The van der Waals surface area contributed by atoms with E-state index >= 15 is 0 Å². The van der Waals surface area contributed by atoms with Gasteiger partial charge in [0.1, 0.15) is 11.3 Å². The molecule has 0 radical (unpaired) electrons. The van der Waals surface area contributed by atoms with E-state index in [2.05, 4.69) is 22.0 Å². The van der Waals surface area contributed by atoms with Gasteiger partial charge in [-0.2, -0.15) is 0 Å². The van der Waals surface area contributed by atoms with Crippen molar-refractivity contribution in [3.63, 3.8) is 0 Å². The van der Waals surface area contributed by atoms with Crippen molar-refractivity contribution in [2.24, 2.45) is 0 Å². The van der Waals surface area contributed by atoms with Gasteiger partial charge in [-0.3, -0.25) is 14.2 Å². The topological polar surface area (TPSA) is 76.0 Å². The predicted octanol–water partition coefficient (Wildman–Crippen LogP) is 3.25. The molecule has 0 atom stereocenters. The van der Waals surface area contributed by atoms with Crippen molar-refractivity contribution in [3.8, 4) is 0 Å². The summed E-state index contributed by atoms with van der Waals surface area (Å²) in [4.78, 5) is 34.7. The van der Waals surface area contributed by atoms with Crippen LogP contribution in [0.2, 0.25) is 0 Å². The number of amides is 1. The van der Waals surface area contributed by atoms with Crippen LogP contribution < -0.4 is 10.5 Å². The van der Waals surface area contributed by atoms with Gasteiger partial charge in [0, 0.05) is 44.3 Å². The van der Waals surface area contributed by atoms with Crippen molar-refractivity contribution in [3.05, 3.63) is 101 Å². The molecule has 1 aromatic carbocycles. The number of nitrogens with zero attached hydrogens (tertiary/aromatic N) is 5. The van der Waals surface area contributed by atoms with Gasteiger partial charge in [0.05, 0.1) is 12.1 Å². The van der Waals surface area contributed by atoms with Crippen LogP contribution in [-0.4, -0.2) is 50.9 Å². The summed E-state index contributed by atoms with van der Waals surface area (Å²) in [5.74, 6) is 0.699. The molecule has 0 saturated carbocycles. The molecule has 0 spiro atoms. The number of rotatable bonds is 4. The Hall–Kier alpha value is -4.33. The quantitative estimate of drug-likeness (QED) is 0.418. The molecule has 170 valence electrons. The Bertz CT molecular complexity index is 1540. The van der Waals surface area contributed by atoms with Gasteiger partial charge in [0.15, 0.2) is 11.4 Å². The molecule has 1 aliphatic rings. The summed E-state index contributed by atoms with van der Waals surface area (Å²) in [7, 11) is 0. The summed E-state index contributed by atoms with van der Waals surface area (Å²) in [6.07, 6.45) is 3.52. The first-order valence-corrected chi connectivity index (χ1v) is 11.3. The largest absolute Gasteiger partial charge is 0.454 e. The number of para-hydroxylation sites is 1. The van der Waals surface area contributed by atoms with E-state index in [9.17, 15) is 9.59 Å². The smallest absolute Gasteiger partial charge is 0.289 e. The third-order valence-corrected chi connectivity index (χ3v) is 6.37. The molecule has 0 N–H and O–H groups in total. The number of carbonyl (C=O) groups is 1. The molecule has 5 heterocycles. The number of benzene rings is 1. The van der Waals surface area contributed by atoms with E-state index in [0.717, 1.165) is 18.6 Å². The molecule has 5 aromatic rings. The average molecular weight is 454 g/mol. The van der Waals surface area contributed by atoms with Gasteiger partial charge in [-0.25, -0.2) is 4.98 Å². The highest BCUT2D eigenvalue weighted by Gasteiger charge is 2.24. The minimum absolute atomic E-state index is 0.128. The highest BCUT2D eigenvalue weighted by molar-refractivity contribution is 5.91. The number of pyridine rings is 1. The number of piperazine rings is 1. The van der Waals surface area contributed by atoms with Crippen LogP contribution in [0.1, 0.15) is 16.3 Å². The van der Waals surface area contributed by atoms with Gasteiger partial charge in [-0.1, -0.05) is 18.2 Å². The average Bonchev–Trinajstić information content (AvgIpc) is 3.57. The molecule has 4 aromatic heterocycles. The highest BCUT2D eigenvalue weighted by Crippen LogP contribution is 2.19. The number of carbonyl (C=O) groups excluding carboxylic acids is 1. The zero-order valence-electron chi connectivity index (χ0n) is 18.5. The van der Waals surface area contributed by atoms with Crippen LogP contribution in [0.5, 0.6) is 0 Å². The van der Waals surface area contributed by atoms with E-state index in [4.69, 9.17) is 4.42 Å². The lowest BCUT2D eigenvalue weighted by molar-refractivity contribution is 0.0712. The van der Waals surface area contributed by atoms with E-state index in [1.807, 2.05) is 51.9 Å². The Morgan fingerprint density at radius 3 is 2.50 bits per heavy atom. The second-order valence-corrected chi connectivity index (χ2v) is 8.38. The summed E-state index contributed by atoms with van der Waals surface area (Å²) < 4.78 is 9.35. The zero-order valence-corrected chi connectivity index (χ0v) is 18.5. The first-order chi connectivity index (χ1) is 16.7.